The van der Waals surface area contributed by atoms with Gasteiger partial charge in [-0.2, -0.15) is 4.98 Å². The van der Waals surface area contributed by atoms with Gasteiger partial charge in [0.1, 0.15) is 0 Å². The van der Waals surface area contributed by atoms with Crippen LogP contribution in [0.5, 0.6) is 5.88 Å². The maximum Gasteiger partial charge on any atom is 0.228 e. The van der Waals surface area contributed by atoms with Crippen LogP contribution in [0, 0.1) is 0 Å². The number of hydrogen-bond acceptors (Lipinski definition) is 5. The molecule has 0 spiro atoms. The first-order valence-electron chi connectivity index (χ1n) is 6.65. The van der Waals surface area contributed by atoms with E-state index in [0.29, 0.717) is 24.6 Å². The van der Waals surface area contributed by atoms with Gasteiger partial charge in [-0.1, -0.05) is 0 Å². The molecule has 1 heterocycles. The van der Waals surface area contributed by atoms with Crippen molar-refractivity contribution >= 4 is 5.95 Å². The zero-order valence-electron chi connectivity index (χ0n) is 11.2. The van der Waals surface area contributed by atoms with Gasteiger partial charge >= 0.3 is 0 Å². The Balaban J connectivity index is 2.03. The zero-order chi connectivity index (χ0) is 13.0. The fourth-order valence-corrected chi connectivity index (χ4v) is 2.38. The molecule has 0 unspecified atom stereocenters. The molecular weight excluding hydrogens is 228 g/mol. The topological polar surface area (TPSA) is 64.3 Å². The van der Waals surface area contributed by atoms with E-state index in [1.807, 2.05) is 14.0 Å². The minimum atomic E-state index is 0.366. The van der Waals surface area contributed by atoms with Gasteiger partial charge in [0, 0.05) is 31.4 Å². The van der Waals surface area contributed by atoms with E-state index >= 15 is 0 Å². The second kappa shape index (κ2) is 6.00. The van der Waals surface area contributed by atoms with Crippen LogP contribution in [0.15, 0.2) is 12.3 Å². The van der Waals surface area contributed by atoms with Crippen LogP contribution in [-0.4, -0.2) is 35.7 Å². The molecule has 1 fully saturated rings. The summed E-state index contributed by atoms with van der Waals surface area (Å²) in [6, 6.07) is 2.64. The Bertz CT molecular complexity index is 377. The molecule has 18 heavy (non-hydrogen) atoms. The number of aromatic nitrogens is 2. The highest BCUT2D eigenvalue weighted by molar-refractivity contribution is 5.32. The third-order valence-electron chi connectivity index (χ3n) is 3.51. The molecule has 0 radical (unpaired) electrons. The van der Waals surface area contributed by atoms with E-state index in [1.54, 1.807) is 12.3 Å². The van der Waals surface area contributed by atoms with Gasteiger partial charge in [0.05, 0.1) is 6.61 Å². The van der Waals surface area contributed by atoms with Crippen LogP contribution in [0.25, 0.3) is 0 Å². The average Bonchev–Trinajstić information content (AvgIpc) is 2.39. The van der Waals surface area contributed by atoms with E-state index in [2.05, 4.69) is 14.9 Å². The Morgan fingerprint density at radius 1 is 1.39 bits per heavy atom. The van der Waals surface area contributed by atoms with Crippen molar-refractivity contribution in [2.75, 3.05) is 18.6 Å². The highest BCUT2D eigenvalue weighted by Crippen LogP contribution is 2.24. The quantitative estimate of drug-likeness (QED) is 0.879. The third-order valence-corrected chi connectivity index (χ3v) is 3.51. The molecule has 5 heteroatoms. The number of anilines is 1. The van der Waals surface area contributed by atoms with Gasteiger partial charge in [-0.25, -0.2) is 4.98 Å². The summed E-state index contributed by atoms with van der Waals surface area (Å²) in [5.41, 5.74) is 5.93. The second-order valence-corrected chi connectivity index (χ2v) is 4.81. The molecule has 1 aromatic rings. The van der Waals surface area contributed by atoms with E-state index in [0.717, 1.165) is 31.6 Å². The van der Waals surface area contributed by atoms with E-state index in [4.69, 9.17) is 10.5 Å². The SMILES string of the molecule is CCOc1ccnc(N(C)C2CCC(N)CC2)n1. The lowest BCUT2D eigenvalue weighted by Gasteiger charge is -2.33. The first-order valence-corrected chi connectivity index (χ1v) is 6.65. The number of hydrogen-bond donors (Lipinski definition) is 1. The normalized spacial score (nSPS) is 23.7. The monoisotopic (exact) mass is 250 g/mol. The van der Waals surface area contributed by atoms with Crippen molar-refractivity contribution in [2.45, 2.75) is 44.7 Å². The summed E-state index contributed by atoms with van der Waals surface area (Å²) < 4.78 is 5.40. The Morgan fingerprint density at radius 3 is 2.78 bits per heavy atom. The van der Waals surface area contributed by atoms with Gasteiger partial charge in [-0.05, 0) is 32.6 Å². The smallest absolute Gasteiger partial charge is 0.228 e. The van der Waals surface area contributed by atoms with Crippen molar-refractivity contribution in [2.24, 2.45) is 5.73 Å². The Kier molecular flexibility index (Phi) is 4.36. The molecule has 5 nitrogen and oxygen atoms in total. The number of ether oxygens (including phenoxy) is 1. The average molecular weight is 250 g/mol. The minimum Gasteiger partial charge on any atom is -0.478 e. The van der Waals surface area contributed by atoms with Crippen LogP contribution in [-0.2, 0) is 0 Å². The van der Waals surface area contributed by atoms with Crippen LogP contribution in [0.2, 0.25) is 0 Å². The highest BCUT2D eigenvalue weighted by Gasteiger charge is 2.23. The predicted octanol–water partition coefficient (Wildman–Crippen LogP) is 1.58. The number of nitrogens with zero attached hydrogens (tertiary/aromatic N) is 3. The van der Waals surface area contributed by atoms with Crippen molar-refractivity contribution in [1.29, 1.82) is 0 Å². The zero-order valence-corrected chi connectivity index (χ0v) is 11.2. The van der Waals surface area contributed by atoms with Crippen molar-refractivity contribution in [3.63, 3.8) is 0 Å². The molecule has 0 amide bonds. The maximum absolute atomic E-state index is 5.93. The van der Waals surface area contributed by atoms with Crippen molar-refractivity contribution in [3.8, 4) is 5.88 Å². The molecule has 0 aliphatic heterocycles. The van der Waals surface area contributed by atoms with E-state index in [1.165, 1.54) is 0 Å². The van der Waals surface area contributed by atoms with E-state index in [9.17, 15) is 0 Å². The molecule has 2 N–H and O–H groups in total. The van der Waals surface area contributed by atoms with E-state index < -0.39 is 0 Å². The molecule has 1 aromatic heterocycles. The fourth-order valence-electron chi connectivity index (χ4n) is 2.38. The summed E-state index contributed by atoms with van der Waals surface area (Å²) >= 11 is 0. The molecule has 1 aliphatic carbocycles. The molecule has 100 valence electrons. The summed E-state index contributed by atoms with van der Waals surface area (Å²) in [7, 11) is 2.05. The Hall–Kier alpha value is -1.36. The highest BCUT2D eigenvalue weighted by atomic mass is 16.5. The lowest BCUT2D eigenvalue weighted by atomic mass is 9.91. The van der Waals surface area contributed by atoms with Crippen molar-refractivity contribution < 1.29 is 4.74 Å². The van der Waals surface area contributed by atoms with Crippen LogP contribution in [0.3, 0.4) is 0 Å². The minimum absolute atomic E-state index is 0.366. The predicted molar refractivity (Wildman–Crippen MR) is 71.8 cm³/mol. The number of rotatable bonds is 4. The fraction of sp³-hybridized carbons (Fsp3) is 0.692. The molecule has 0 bridgehead atoms. The van der Waals surface area contributed by atoms with Gasteiger partial charge in [-0.15, -0.1) is 0 Å². The van der Waals surface area contributed by atoms with Crippen LogP contribution < -0.4 is 15.4 Å². The van der Waals surface area contributed by atoms with Gasteiger partial charge in [-0.3, -0.25) is 0 Å². The summed E-state index contributed by atoms with van der Waals surface area (Å²) in [6.07, 6.45) is 6.14. The number of nitrogens with two attached hydrogens (primary N) is 1. The van der Waals surface area contributed by atoms with Crippen molar-refractivity contribution in [3.05, 3.63) is 12.3 Å². The maximum atomic E-state index is 5.93. The summed E-state index contributed by atoms with van der Waals surface area (Å²) in [5, 5.41) is 0. The van der Waals surface area contributed by atoms with Crippen LogP contribution in [0.1, 0.15) is 32.6 Å². The first-order chi connectivity index (χ1) is 8.70. The molecule has 1 saturated carbocycles. The van der Waals surface area contributed by atoms with Crippen LogP contribution in [0.4, 0.5) is 5.95 Å². The van der Waals surface area contributed by atoms with Gasteiger partial charge in [0.2, 0.25) is 11.8 Å². The Labute approximate surface area is 108 Å². The molecule has 0 atom stereocenters. The second-order valence-electron chi connectivity index (χ2n) is 4.81. The molecular formula is C13H22N4O. The standard InChI is InChI=1S/C13H22N4O/c1-3-18-12-8-9-15-13(16-12)17(2)11-6-4-10(14)5-7-11/h8-11H,3-7,14H2,1-2H3. The van der Waals surface area contributed by atoms with E-state index in [-0.39, 0.29) is 0 Å². The summed E-state index contributed by atoms with van der Waals surface area (Å²) in [4.78, 5) is 10.9. The lowest BCUT2D eigenvalue weighted by molar-refractivity contribution is 0.325. The van der Waals surface area contributed by atoms with Gasteiger partial charge in [0.15, 0.2) is 0 Å². The first kappa shape index (κ1) is 13.1. The Morgan fingerprint density at radius 2 is 2.11 bits per heavy atom. The third kappa shape index (κ3) is 3.10. The van der Waals surface area contributed by atoms with Gasteiger partial charge in [0.25, 0.3) is 0 Å². The lowest BCUT2D eigenvalue weighted by Crippen LogP contribution is -2.39. The largest absolute Gasteiger partial charge is 0.478 e. The van der Waals surface area contributed by atoms with Gasteiger partial charge < -0.3 is 15.4 Å². The summed E-state index contributed by atoms with van der Waals surface area (Å²) in [6.45, 7) is 2.58. The molecule has 1 aliphatic rings. The molecule has 2 rings (SSSR count). The molecule has 0 saturated heterocycles. The van der Waals surface area contributed by atoms with Crippen LogP contribution >= 0.6 is 0 Å². The summed E-state index contributed by atoms with van der Waals surface area (Å²) in [5.74, 6) is 1.38. The molecule has 0 aromatic carbocycles. The van der Waals surface area contributed by atoms with Crippen molar-refractivity contribution in [1.82, 2.24) is 9.97 Å².